The quantitative estimate of drug-likeness (QED) is 0.863. The molecule has 21 heavy (non-hydrogen) atoms. The van der Waals surface area contributed by atoms with Gasteiger partial charge in [0.15, 0.2) is 0 Å². The van der Waals surface area contributed by atoms with Crippen molar-refractivity contribution < 1.29 is 4.79 Å². The van der Waals surface area contributed by atoms with Crippen molar-refractivity contribution >= 4 is 5.91 Å². The van der Waals surface area contributed by atoms with Crippen LogP contribution in [0.5, 0.6) is 0 Å². The molecule has 0 aromatic carbocycles. The minimum absolute atomic E-state index is 0.460. The Morgan fingerprint density at radius 1 is 1.05 bits per heavy atom. The number of nitrogens with one attached hydrogen (secondary N) is 1. The molecule has 0 spiro atoms. The predicted octanol–water partition coefficient (Wildman–Crippen LogP) is 2.94. The van der Waals surface area contributed by atoms with Crippen molar-refractivity contribution in [2.45, 2.75) is 82.8 Å². The second-order valence-electron chi connectivity index (χ2n) is 8.08. The molecule has 3 nitrogen and oxygen atoms in total. The van der Waals surface area contributed by atoms with Gasteiger partial charge in [0.2, 0.25) is 5.91 Å². The summed E-state index contributed by atoms with van der Waals surface area (Å²) in [5.41, 5.74) is 0. The molecule has 4 aliphatic rings. The molecular formula is C18H30N2O. The zero-order chi connectivity index (χ0) is 14.4. The summed E-state index contributed by atoms with van der Waals surface area (Å²) < 4.78 is 0. The highest BCUT2D eigenvalue weighted by Gasteiger charge is 2.42. The molecule has 2 saturated heterocycles. The molecule has 4 fully saturated rings. The Morgan fingerprint density at radius 2 is 1.81 bits per heavy atom. The lowest BCUT2D eigenvalue weighted by Gasteiger charge is -2.38. The standard InChI is InChI=1S/C18H30N2O/c1-2-20(17-10-15-5-6-16(11-17)19-15)18(21)9-14-8-12-3-4-13(14)7-12/h12-17,19H,2-11H2,1H3. The van der Waals surface area contributed by atoms with Crippen LogP contribution in [0.1, 0.15) is 64.7 Å². The molecule has 2 saturated carbocycles. The molecule has 2 aliphatic heterocycles. The molecule has 4 rings (SSSR count). The van der Waals surface area contributed by atoms with E-state index in [9.17, 15) is 4.79 Å². The third-order valence-corrected chi connectivity index (χ3v) is 6.87. The molecule has 1 N–H and O–H groups in total. The summed E-state index contributed by atoms with van der Waals surface area (Å²) in [5, 5.41) is 3.70. The van der Waals surface area contributed by atoms with Gasteiger partial charge in [-0.2, -0.15) is 0 Å². The Morgan fingerprint density at radius 3 is 2.38 bits per heavy atom. The number of nitrogens with zero attached hydrogens (tertiary/aromatic N) is 1. The predicted molar refractivity (Wildman–Crippen MR) is 83.9 cm³/mol. The van der Waals surface area contributed by atoms with Gasteiger partial charge in [0.05, 0.1) is 0 Å². The van der Waals surface area contributed by atoms with Gasteiger partial charge in [0, 0.05) is 31.1 Å². The zero-order valence-electron chi connectivity index (χ0n) is 13.4. The molecule has 2 heterocycles. The molecular weight excluding hydrogens is 260 g/mol. The topological polar surface area (TPSA) is 32.3 Å². The largest absolute Gasteiger partial charge is 0.340 e. The van der Waals surface area contributed by atoms with E-state index in [1.165, 1.54) is 51.4 Å². The first-order valence-corrected chi connectivity index (χ1v) is 9.28. The normalized spacial score (nSPS) is 44.2. The van der Waals surface area contributed by atoms with E-state index in [0.717, 1.165) is 24.8 Å². The molecule has 0 radical (unpaired) electrons. The van der Waals surface area contributed by atoms with Gasteiger partial charge in [-0.1, -0.05) is 6.42 Å². The van der Waals surface area contributed by atoms with Crippen LogP contribution in [-0.2, 0) is 4.79 Å². The molecule has 4 bridgehead atoms. The number of rotatable bonds is 4. The fourth-order valence-electron chi connectivity index (χ4n) is 5.89. The second-order valence-corrected chi connectivity index (χ2v) is 8.08. The van der Waals surface area contributed by atoms with Crippen molar-refractivity contribution in [2.24, 2.45) is 17.8 Å². The third kappa shape index (κ3) is 2.62. The van der Waals surface area contributed by atoms with E-state index in [2.05, 4.69) is 17.1 Å². The summed E-state index contributed by atoms with van der Waals surface area (Å²) in [6, 6.07) is 1.87. The van der Waals surface area contributed by atoms with Crippen LogP contribution in [0.2, 0.25) is 0 Å². The minimum Gasteiger partial charge on any atom is -0.340 e. The summed E-state index contributed by atoms with van der Waals surface area (Å²) in [7, 11) is 0. The average Bonchev–Trinajstić information content (AvgIpc) is 3.16. The summed E-state index contributed by atoms with van der Waals surface area (Å²) in [4.78, 5) is 15.1. The Bertz CT molecular complexity index is 398. The van der Waals surface area contributed by atoms with Crippen LogP contribution < -0.4 is 5.32 Å². The molecule has 5 unspecified atom stereocenters. The zero-order valence-corrected chi connectivity index (χ0v) is 13.4. The van der Waals surface area contributed by atoms with Crippen molar-refractivity contribution in [3.05, 3.63) is 0 Å². The van der Waals surface area contributed by atoms with Crippen molar-refractivity contribution in [3.63, 3.8) is 0 Å². The highest BCUT2D eigenvalue weighted by atomic mass is 16.2. The van der Waals surface area contributed by atoms with Gasteiger partial charge >= 0.3 is 0 Å². The van der Waals surface area contributed by atoms with Crippen molar-refractivity contribution in [1.82, 2.24) is 10.2 Å². The number of piperidine rings is 1. The van der Waals surface area contributed by atoms with Gasteiger partial charge in [0.1, 0.15) is 0 Å². The monoisotopic (exact) mass is 290 g/mol. The summed E-state index contributed by atoms with van der Waals surface area (Å²) in [5.74, 6) is 3.00. The first kappa shape index (κ1) is 14.0. The van der Waals surface area contributed by atoms with E-state index in [0.29, 0.717) is 30.0 Å². The first-order valence-electron chi connectivity index (χ1n) is 9.28. The van der Waals surface area contributed by atoms with Crippen molar-refractivity contribution in [1.29, 1.82) is 0 Å². The van der Waals surface area contributed by atoms with E-state index < -0.39 is 0 Å². The SMILES string of the molecule is CCN(C(=O)CC1CC2CCC1C2)C1CC2CCC(C1)N2. The fraction of sp³-hybridized carbons (Fsp3) is 0.944. The van der Waals surface area contributed by atoms with Gasteiger partial charge in [-0.25, -0.2) is 0 Å². The van der Waals surface area contributed by atoms with E-state index in [-0.39, 0.29) is 0 Å². The lowest BCUT2D eigenvalue weighted by atomic mass is 9.85. The molecule has 118 valence electrons. The van der Waals surface area contributed by atoms with Crippen LogP contribution in [0.4, 0.5) is 0 Å². The average molecular weight is 290 g/mol. The Hall–Kier alpha value is -0.570. The van der Waals surface area contributed by atoms with Gasteiger partial charge in [-0.05, 0) is 69.6 Å². The van der Waals surface area contributed by atoms with Crippen molar-refractivity contribution in [2.75, 3.05) is 6.54 Å². The molecule has 1 amide bonds. The lowest BCUT2D eigenvalue weighted by Crippen LogP contribution is -2.50. The van der Waals surface area contributed by atoms with E-state index in [1.807, 2.05) is 0 Å². The van der Waals surface area contributed by atoms with Crippen LogP contribution in [-0.4, -0.2) is 35.5 Å². The molecule has 2 aliphatic carbocycles. The van der Waals surface area contributed by atoms with Crippen LogP contribution in [0.3, 0.4) is 0 Å². The van der Waals surface area contributed by atoms with E-state index in [4.69, 9.17) is 0 Å². The summed E-state index contributed by atoms with van der Waals surface area (Å²) in [6.45, 7) is 3.08. The molecule has 0 aromatic rings. The smallest absolute Gasteiger partial charge is 0.223 e. The summed E-state index contributed by atoms with van der Waals surface area (Å²) >= 11 is 0. The maximum Gasteiger partial charge on any atom is 0.223 e. The maximum atomic E-state index is 12.8. The lowest BCUT2D eigenvalue weighted by molar-refractivity contribution is -0.135. The molecule has 3 heteroatoms. The number of carbonyl (C=O) groups excluding carboxylic acids is 1. The highest BCUT2D eigenvalue weighted by molar-refractivity contribution is 5.77. The van der Waals surface area contributed by atoms with Crippen LogP contribution in [0, 0.1) is 17.8 Å². The number of fused-ring (bicyclic) bond motifs is 4. The number of hydrogen-bond acceptors (Lipinski definition) is 2. The third-order valence-electron chi connectivity index (χ3n) is 6.87. The van der Waals surface area contributed by atoms with Gasteiger partial charge in [0.25, 0.3) is 0 Å². The van der Waals surface area contributed by atoms with Crippen LogP contribution in [0.15, 0.2) is 0 Å². The van der Waals surface area contributed by atoms with Crippen molar-refractivity contribution in [3.8, 4) is 0 Å². The maximum absolute atomic E-state index is 12.8. The van der Waals surface area contributed by atoms with Crippen LogP contribution in [0.25, 0.3) is 0 Å². The van der Waals surface area contributed by atoms with E-state index in [1.54, 1.807) is 0 Å². The first-order chi connectivity index (χ1) is 10.2. The summed E-state index contributed by atoms with van der Waals surface area (Å²) in [6.07, 6.45) is 11.4. The number of hydrogen-bond donors (Lipinski definition) is 1. The van der Waals surface area contributed by atoms with Gasteiger partial charge in [-0.15, -0.1) is 0 Å². The fourth-order valence-corrected chi connectivity index (χ4v) is 5.89. The molecule has 5 atom stereocenters. The van der Waals surface area contributed by atoms with Gasteiger partial charge in [-0.3, -0.25) is 4.79 Å². The van der Waals surface area contributed by atoms with E-state index >= 15 is 0 Å². The van der Waals surface area contributed by atoms with Crippen LogP contribution >= 0.6 is 0 Å². The minimum atomic E-state index is 0.460. The Balaban J connectivity index is 1.37. The number of amides is 1. The second kappa shape index (κ2) is 5.57. The van der Waals surface area contributed by atoms with Gasteiger partial charge < -0.3 is 10.2 Å². The Kier molecular flexibility index (Phi) is 3.72. The number of carbonyl (C=O) groups is 1. The molecule has 0 aromatic heterocycles. The highest BCUT2D eigenvalue weighted by Crippen LogP contribution is 2.49. The Labute approximate surface area is 128 Å².